The van der Waals surface area contributed by atoms with Crippen LogP contribution in [0.3, 0.4) is 0 Å². The lowest BCUT2D eigenvalue weighted by Gasteiger charge is -2.32. The number of halogens is 5. The monoisotopic (exact) mass is 433 g/mol. The molecular weight excluding hydrogens is 413 g/mol. The van der Waals surface area contributed by atoms with E-state index in [1.54, 1.807) is 0 Å². The summed E-state index contributed by atoms with van der Waals surface area (Å²) in [5, 5.41) is 9.17. The van der Waals surface area contributed by atoms with Gasteiger partial charge in [0.05, 0.1) is 13.7 Å². The minimum absolute atomic E-state index is 0.00816. The predicted molar refractivity (Wildman–Crippen MR) is 96.1 cm³/mol. The SMILES string of the molecule is COc1c([C@H]2[C@H](c3cc(=O)c(CO)c[nH]3)O[C@@](C)(C(F)(F)F)[C@H]2C)ccc(F)c1F. The second kappa shape index (κ2) is 7.66. The summed E-state index contributed by atoms with van der Waals surface area (Å²) < 4.78 is 80.1. The topological polar surface area (TPSA) is 71.5 Å². The van der Waals surface area contributed by atoms with Gasteiger partial charge in [0, 0.05) is 40.9 Å². The normalized spacial score (nSPS) is 26.8. The quantitative estimate of drug-likeness (QED) is 0.716. The van der Waals surface area contributed by atoms with Crippen molar-refractivity contribution in [3.05, 3.63) is 63.1 Å². The van der Waals surface area contributed by atoms with Gasteiger partial charge in [0.2, 0.25) is 5.82 Å². The fourth-order valence-electron chi connectivity index (χ4n) is 3.89. The number of alkyl halides is 3. The number of benzene rings is 1. The molecule has 0 aliphatic carbocycles. The van der Waals surface area contributed by atoms with E-state index in [-0.39, 0.29) is 16.8 Å². The van der Waals surface area contributed by atoms with Crippen molar-refractivity contribution in [3.63, 3.8) is 0 Å². The van der Waals surface area contributed by atoms with Gasteiger partial charge >= 0.3 is 6.18 Å². The third-order valence-corrected chi connectivity index (χ3v) is 5.81. The van der Waals surface area contributed by atoms with E-state index in [4.69, 9.17) is 14.6 Å². The first-order valence-electron chi connectivity index (χ1n) is 9.05. The lowest BCUT2D eigenvalue weighted by Crippen LogP contribution is -2.46. The number of aliphatic hydroxyl groups is 1. The Morgan fingerprint density at radius 2 is 1.97 bits per heavy atom. The zero-order valence-corrected chi connectivity index (χ0v) is 16.3. The molecule has 0 spiro atoms. The Bertz CT molecular complexity index is 1010. The van der Waals surface area contributed by atoms with Crippen LogP contribution in [-0.4, -0.2) is 29.0 Å². The average Bonchev–Trinajstić information content (AvgIpc) is 2.96. The van der Waals surface area contributed by atoms with Gasteiger partial charge in [-0.05, 0) is 13.0 Å². The number of pyridine rings is 1. The second-order valence-corrected chi connectivity index (χ2v) is 7.38. The van der Waals surface area contributed by atoms with E-state index in [0.717, 1.165) is 32.2 Å². The second-order valence-electron chi connectivity index (χ2n) is 7.38. The van der Waals surface area contributed by atoms with Crippen molar-refractivity contribution in [1.29, 1.82) is 0 Å². The Kier molecular flexibility index (Phi) is 5.68. The highest BCUT2D eigenvalue weighted by molar-refractivity contribution is 5.42. The van der Waals surface area contributed by atoms with E-state index in [9.17, 15) is 26.7 Å². The maximum absolute atomic E-state index is 14.3. The smallest absolute Gasteiger partial charge is 0.417 e. The van der Waals surface area contributed by atoms with E-state index in [0.29, 0.717) is 0 Å². The molecule has 10 heteroatoms. The van der Waals surface area contributed by atoms with Crippen LogP contribution in [0.4, 0.5) is 22.0 Å². The van der Waals surface area contributed by atoms with Crippen LogP contribution in [0.2, 0.25) is 0 Å². The van der Waals surface area contributed by atoms with Crippen molar-refractivity contribution in [2.75, 3.05) is 7.11 Å². The van der Waals surface area contributed by atoms with Crippen LogP contribution in [0, 0.1) is 17.6 Å². The standard InChI is InChI=1S/C20H20F5NO4/c1-9-15(11-4-5-12(21)16(22)17(11)29-3)18(30-19(9,2)20(23,24)25)13-6-14(28)10(8-27)7-26-13/h4-7,9,15,18,27H,8H2,1-3H3,(H,26,28)/t9-,15-,18-,19+/m0/s1. The Balaban J connectivity index is 2.23. The lowest BCUT2D eigenvalue weighted by atomic mass is 9.76. The number of aromatic nitrogens is 1. The summed E-state index contributed by atoms with van der Waals surface area (Å²) in [6, 6.07) is 2.99. The number of rotatable bonds is 4. The van der Waals surface area contributed by atoms with Gasteiger partial charge in [-0.3, -0.25) is 4.79 Å². The van der Waals surface area contributed by atoms with Crippen LogP contribution in [0.15, 0.2) is 29.2 Å². The minimum atomic E-state index is -4.78. The van der Waals surface area contributed by atoms with Gasteiger partial charge < -0.3 is 19.6 Å². The summed E-state index contributed by atoms with van der Waals surface area (Å²) in [5.41, 5.74) is -3.22. The fourth-order valence-corrected chi connectivity index (χ4v) is 3.89. The first-order valence-corrected chi connectivity index (χ1v) is 9.05. The first-order chi connectivity index (χ1) is 14.0. The molecule has 2 aromatic rings. The zero-order chi connectivity index (χ0) is 22.4. The van der Waals surface area contributed by atoms with Gasteiger partial charge in [-0.2, -0.15) is 17.6 Å². The summed E-state index contributed by atoms with van der Waals surface area (Å²) in [5.74, 6) is -5.44. The van der Waals surface area contributed by atoms with Gasteiger partial charge in [-0.25, -0.2) is 4.39 Å². The number of aliphatic hydroxyl groups excluding tert-OH is 1. The molecule has 4 atom stereocenters. The van der Waals surface area contributed by atoms with E-state index in [1.165, 1.54) is 13.1 Å². The lowest BCUT2D eigenvalue weighted by molar-refractivity contribution is -0.275. The number of aromatic amines is 1. The van der Waals surface area contributed by atoms with Crippen molar-refractivity contribution in [2.45, 2.75) is 44.3 Å². The molecule has 0 bridgehead atoms. The fraction of sp³-hybridized carbons (Fsp3) is 0.450. The van der Waals surface area contributed by atoms with Crippen LogP contribution < -0.4 is 10.2 Å². The minimum Gasteiger partial charge on any atom is -0.493 e. The number of H-pyrrole nitrogens is 1. The molecule has 1 aromatic heterocycles. The molecule has 3 rings (SSSR count). The Labute approximate surface area is 168 Å². The molecule has 0 unspecified atom stereocenters. The van der Waals surface area contributed by atoms with Gasteiger partial charge in [0.15, 0.2) is 22.6 Å². The van der Waals surface area contributed by atoms with E-state index < -0.39 is 59.1 Å². The van der Waals surface area contributed by atoms with Crippen molar-refractivity contribution in [1.82, 2.24) is 4.98 Å². The van der Waals surface area contributed by atoms with Gasteiger partial charge in [-0.1, -0.05) is 13.0 Å². The molecule has 1 saturated heterocycles. The zero-order valence-electron chi connectivity index (χ0n) is 16.3. The largest absolute Gasteiger partial charge is 0.493 e. The molecule has 0 amide bonds. The number of hydrogen-bond donors (Lipinski definition) is 2. The molecule has 1 aliphatic rings. The summed E-state index contributed by atoms with van der Waals surface area (Å²) in [7, 11) is 1.08. The molecule has 164 valence electrons. The molecular formula is C20H20F5NO4. The van der Waals surface area contributed by atoms with Crippen LogP contribution in [0.1, 0.15) is 42.7 Å². The van der Waals surface area contributed by atoms with Crippen molar-refractivity contribution >= 4 is 0 Å². The molecule has 0 saturated carbocycles. The van der Waals surface area contributed by atoms with Crippen molar-refractivity contribution in [2.24, 2.45) is 5.92 Å². The van der Waals surface area contributed by atoms with Crippen LogP contribution in [0.5, 0.6) is 5.75 Å². The molecule has 1 aliphatic heterocycles. The van der Waals surface area contributed by atoms with Crippen LogP contribution >= 0.6 is 0 Å². The van der Waals surface area contributed by atoms with Crippen LogP contribution in [0.25, 0.3) is 0 Å². The molecule has 30 heavy (non-hydrogen) atoms. The van der Waals surface area contributed by atoms with Crippen molar-refractivity contribution in [3.8, 4) is 5.75 Å². The first kappa shape index (κ1) is 22.2. The highest BCUT2D eigenvalue weighted by atomic mass is 19.4. The summed E-state index contributed by atoms with van der Waals surface area (Å²) >= 11 is 0. The van der Waals surface area contributed by atoms with Crippen molar-refractivity contribution < 1.29 is 36.5 Å². The third kappa shape index (κ3) is 3.37. The number of methoxy groups -OCH3 is 1. The predicted octanol–water partition coefficient (Wildman–Crippen LogP) is 3.97. The van der Waals surface area contributed by atoms with Gasteiger partial charge in [-0.15, -0.1) is 0 Å². The Hall–Kier alpha value is -2.46. The van der Waals surface area contributed by atoms with Crippen LogP contribution in [-0.2, 0) is 11.3 Å². The summed E-state index contributed by atoms with van der Waals surface area (Å²) in [6.07, 6.45) is -4.95. The van der Waals surface area contributed by atoms with Gasteiger partial charge in [0.25, 0.3) is 0 Å². The van der Waals surface area contributed by atoms with E-state index in [1.807, 2.05) is 0 Å². The maximum Gasteiger partial charge on any atom is 0.417 e. The summed E-state index contributed by atoms with van der Waals surface area (Å²) in [4.78, 5) is 14.8. The van der Waals surface area contributed by atoms with E-state index in [2.05, 4.69) is 4.98 Å². The summed E-state index contributed by atoms with van der Waals surface area (Å²) in [6.45, 7) is 1.61. The highest BCUT2D eigenvalue weighted by Crippen LogP contribution is 2.59. The maximum atomic E-state index is 14.3. The number of ether oxygens (including phenoxy) is 2. The number of hydrogen-bond acceptors (Lipinski definition) is 4. The molecule has 1 fully saturated rings. The average molecular weight is 433 g/mol. The van der Waals surface area contributed by atoms with E-state index >= 15 is 0 Å². The molecule has 0 radical (unpaired) electrons. The third-order valence-electron chi connectivity index (χ3n) is 5.81. The molecule has 2 heterocycles. The highest BCUT2D eigenvalue weighted by Gasteiger charge is 2.65. The Morgan fingerprint density at radius 1 is 1.30 bits per heavy atom. The molecule has 2 N–H and O–H groups in total. The van der Waals surface area contributed by atoms with Gasteiger partial charge in [0.1, 0.15) is 6.10 Å². The number of nitrogens with one attached hydrogen (secondary N) is 1. The molecule has 5 nitrogen and oxygen atoms in total. The Morgan fingerprint density at radius 3 is 2.50 bits per heavy atom. The molecule has 1 aromatic carbocycles.